The van der Waals surface area contributed by atoms with E-state index < -0.39 is 13.3 Å². The molecular weight excluding hydrogens is 155 g/mol. The summed E-state index contributed by atoms with van der Waals surface area (Å²) in [6.07, 6.45) is 0.833. The maximum absolute atomic E-state index is 9.25. The highest BCUT2D eigenvalue weighted by Gasteiger charge is 1.92. The molecule has 0 aliphatic heterocycles. The molecule has 0 heterocycles. The average Bonchev–Trinajstić information content (AvgIpc) is 1.91. The molecule has 66 valence electrons. The number of carboxylic acid groups (broad SMARTS) is 1. The van der Waals surface area contributed by atoms with Gasteiger partial charge in [0.1, 0.15) is 0 Å². The molecular formula is C3H11BN2O5. The Morgan fingerprint density at radius 3 is 1.45 bits per heavy atom. The number of aliphatic carboxylic acids is 1. The molecule has 0 amide bonds. The molecule has 0 radical (unpaired) electrons. The van der Waals surface area contributed by atoms with E-state index in [0.29, 0.717) is 0 Å². The summed E-state index contributed by atoms with van der Waals surface area (Å²) in [6.45, 7) is 2.96. The maximum Gasteiger partial charge on any atom is 0.631 e. The Morgan fingerprint density at radius 2 is 1.45 bits per heavy atom. The van der Waals surface area contributed by atoms with Crippen molar-refractivity contribution in [2.24, 2.45) is 11.7 Å². The summed E-state index contributed by atoms with van der Waals surface area (Å²) in [6, 6.07) is 0. The fourth-order valence-corrected chi connectivity index (χ4v) is 0. The Hall–Kier alpha value is -0.925. The van der Waals surface area contributed by atoms with Crippen LogP contribution in [0.4, 0.5) is 0 Å². The van der Waals surface area contributed by atoms with Crippen molar-refractivity contribution in [1.82, 2.24) is 0 Å². The van der Waals surface area contributed by atoms with Crippen molar-refractivity contribution in [1.29, 1.82) is 0 Å². The van der Waals surface area contributed by atoms with E-state index in [2.05, 4.69) is 18.3 Å². The van der Waals surface area contributed by atoms with Crippen LogP contribution in [0.5, 0.6) is 0 Å². The molecule has 0 fully saturated rings. The summed E-state index contributed by atoms with van der Waals surface area (Å²) < 4.78 is 0. The van der Waals surface area contributed by atoms with E-state index in [0.717, 1.165) is 6.08 Å². The van der Waals surface area contributed by atoms with Crippen molar-refractivity contribution < 1.29 is 25.0 Å². The third-order valence-corrected chi connectivity index (χ3v) is 0.175. The lowest BCUT2D eigenvalue weighted by Crippen LogP contribution is -2.07. The zero-order chi connectivity index (χ0) is 9.86. The summed E-state index contributed by atoms with van der Waals surface area (Å²) in [5, 5.41) is 29.1. The summed E-state index contributed by atoms with van der Waals surface area (Å²) in [4.78, 5) is 9.25. The second kappa shape index (κ2) is 16.0. The van der Waals surface area contributed by atoms with Crippen LogP contribution in [0.25, 0.3) is 0 Å². The standard InChI is InChI=1S/C3H4O2.BH3O3.H4N2/c1-2-3(4)5;2-1(3)4;1-2/h2H,1H2,(H,4,5);2-4H;1-2H2. The summed E-state index contributed by atoms with van der Waals surface area (Å²) >= 11 is 0. The Labute approximate surface area is 63.7 Å². The molecule has 8 heteroatoms. The monoisotopic (exact) mass is 166 g/mol. The van der Waals surface area contributed by atoms with Crippen molar-refractivity contribution in [2.45, 2.75) is 0 Å². The van der Waals surface area contributed by atoms with Gasteiger partial charge in [0.25, 0.3) is 0 Å². The molecule has 8 N–H and O–H groups in total. The van der Waals surface area contributed by atoms with Crippen molar-refractivity contribution >= 4 is 13.3 Å². The molecule has 0 saturated heterocycles. The molecule has 0 bridgehead atoms. The second-order valence-corrected chi connectivity index (χ2v) is 0.889. The van der Waals surface area contributed by atoms with Gasteiger partial charge in [-0.2, -0.15) is 0 Å². The maximum atomic E-state index is 9.25. The first kappa shape index (κ1) is 16.6. The van der Waals surface area contributed by atoms with Gasteiger partial charge in [-0.05, 0) is 0 Å². The predicted octanol–water partition coefficient (Wildman–Crippen LogP) is -2.98. The molecule has 0 saturated carbocycles. The van der Waals surface area contributed by atoms with Crippen molar-refractivity contribution in [2.75, 3.05) is 0 Å². The molecule has 0 aromatic heterocycles. The van der Waals surface area contributed by atoms with Crippen LogP contribution >= 0.6 is 0 Å². The Morgan fingerprint density at radius 1 is 1.36 bits per heavy atom. The normalized spacial score (nSPS) is 5.91. The minimum absolute atomic E-state index is 0.833. The number of hydrazine groups is 1. The van der Waals surface area contributed by atoms with E-state index in [1.54, 1.807) is 0 Å². The van der Waals surface area contributed by atoms with Gasteiger partial charge in [0.15, 0.2) is 0 Å². The highest BCUT2D eigenvalue weighted by Crippen LogP contribution is 1.54. The summed E-state index contributed by atoms with van der Waals surface area (Å²) in [5.41, 5.74) is 0. The van der Waals surface area contributed by atoms with Gasteiger partial charge in [-0.3, -0.25) is 11.7 Å². The third kappa shape index (κ3) is 393. The molecule has 11 heavy (non-hydrogen) atoms. The van der Waals surface area contributed by atoms with Crippen molar-refractivity contribution in [3.05, 3.63) is 12.7 Å². The van der Waals surface area contributed by atoms with E-state index >= 15 is 0 Å². The molecule has 7 nitrogen and oxygen atoms in total. The number of carbonyl (C=O) groups is 1. The van der Waals surface area contributed by atoms with Gasteiger partial charge in [0.2, 0.25) is 0 Å². The number of nitrogens with two attached hydrogens (primary N) is 2. The van der Waals surface area contributed by atoms with Crippen LogP contribution in [-0.2, 0) is 4.79 Å². The number of hydrogen-bond acceptors (Lipinski definition) is 6. The number of carboxylic acids is 1. The van der Waals surface area contributed by atoms with Gasteiger partial charge in [-0.1, -0.05) is 6.58 Å². The van der Waals surface area contributed by atoms with E-state index in [1.807, 2.05) is 0 Å². The largest absolute Gasteiger partial charge is 0.631 e. The van der Waals surface area contributed by atoms with Crippen LogP contribution in [0.1, 0.15) is 0 Å². The van der Waals surface area contributed by atoms with Gasteiger partial charge < -0.3 is 20.2 Å². The van der Waals surface area contributed by atoms with Crippen LogP contribution in [0.3, 0.4) is 0 Å². The van der Waals surface area contributed by atoms with Crippen molar-refractivity contribution in [3.8, 4) is 0 Å². The number of hydrogen-bond donors (Lipinski definition) is 6. The average molecular weight is 166 g/mol. The van der Waals surface area contributed by atoms with Gasteiger partial charge in [0, 0.05) is 6.08 Å². The SMILES string of the molecule is C=CC(=O)O.NN.OB(O)O. The first-order valence-corrected chi connectivity index (χ1v) is 2.23. The minimum Gasteiger partial charge on any atom is -0.478 e. The van der Waals surface area contributed by atoms with Gasteiger partial charge in [-0.15, -0.1) is 0 Å². The number of rotatable bonds is 1. The second-order valence-electron chi connectivity index (χ2n) is 0.889. The third-order valence-electron chi connectivity index (χ3n) is 0.175. The first-order chi connectivity index (χ1) is 5.00. The van der Waals surface area contributed by atoms with Crippen LogP contribution in [0.2, 0.25) is 0 Å². The van der Waals surface area contributed by atoms with E-state index in [4.69, 9.17) is 20.2 Å². The van der Waals surface area contributed by atoms with Crippen LogP contribution in [0, 0.1) is 0 Å². The van der Waals surface area contributed by atoms with Crippen LogP contribution < -0.4 is 11.7 Å². The molecule has 0 atom stereocenters. The fraction of sp³-hybridized carbons (Fsp3) is 0. The zero-order valence-electron chi connectivity index (χ0n) is 5.71. The Kier molecular flexibility index (Phi) is 24.2. The summed E-state index contributed by atoms with van der Waals surface area (Å²) in [7, 11) is -2.17. The minimum atomic E-state index is -2.17. The lowest BCUT2D eigenvalue weighted by Gasteiger charge is -1.69. The van der Waals surface area contributed by atoms with Gasteiger partial charge in [-0.25, -0.2) is 4.79 Å². The van der Waals surface area contributed by atoms with Gasteiger partial charge in [0.05, 0.1) is 0 Å². The van der Waals surface area contributed by atoms with E-state index in [1.165, 1.54) is 0 Å². The van der Waals surface area contributed by atoms with Crippen LogP contribution in [0.15, 0.2) is 12.7 Å². The lowest BCUT2D eigenvalue weighted by atomic mass is 10.3. The van der Waals surface area contributed by atoms with Gasteiger partial charge >= 0.3 is 13.3 Å². The molecule has 0 aliphatic rings. The molecule has 0 aromatic carbocycles. The first-order valence-electron chi connectivity index (χ1n) is 2.23. The highest BCUT2D eigenvalue weighted by atomic mass is 16.5. The molecule has 0 rings (SSSR count). The Balaban J connectivity index is -0.0000000965. The molecule has 0 aliphatic carbocycles. The van der Waals surface area contributed by atoms with E-state index in [9.17, 15) is 4.79 Å². The molecule has 0 unspecified atom stereocenters. The summed E-state index contributed by atoms with van der Waals surface area (Å²) in [5.74, 6) is 7.02. The predicted molar refractivity (Wildman–Crippen MR) is 38.6 cm³/mol. The lowest BCUT2D eigenvalue weighted by molar-refractivity contribution is -0.131. The smallest absolute Gasteiger partial charge is 0.478 e. The van der Waals surface area contributed by atoms with Crippen molar-refractivity contribution in [3.63, 3.8) is 0 Å². The zero-order valence-corrected chi connectivity index (χ0v) is 5.71. The van der Waals surface area contributed by atoms with Crippen LogP contribution in [-0.4, -0.2) is 33.5 Å². The fourth-order valence-electron chi connectivity index (χ4n) is 0. The molecule has 0 spiro atoms. The molecule has 0 aromatic rings. The quantitative estimate of drug-likeness (QED) is 0.105. The highest BCUT2D eigenvalue weighted by molar-refractivity contribution is 6.30. The van der Waals surface area contributed by atoms with E-state index in [-0.39, 0.29) is 0 Å². The Bertz CT molecular complexity index is 95.0. The topological polar surface area (TPSA) is 150 Å².